The average Bonchev–Trinajstić information content (AvgIpc) is 2.97. The molecule has 3 rings (SSSR count). The van der Waals surface area contributed by atoms with Gasteiger partial charge in [-0.25, -0.2) is 8.42 Å². The zero-order chi connectivity index (χ0) is 17.9. The number of sulfone groups is 1. The highest BCUT2D eigenvalue weighted by Crippen LogP contribution is 2.22. The molecule has 25 heavy (non-hydrogen) atoms. The zero-order valence-corrected chi connectivity index (χ0v) is 15.7. The third kappa shape index (κ3) is 5.05. The third-order valence-electron chi connectivity index (χ3n) is 5.58. The van der Waals surface area contributed by atoms with Gasteiger partial charge in [0.05, 0.1) is 18.1 Å². The van der Waals surface area contributed by atoms with E-state index in [0.29, 0.717) is 18.9 Å². The number of carbonyl (C=O) groups is 1. The van der Waals surface area contributed by atoms with Crippen molar-refractivity contribution >= 4 is 15.7 Å². The van der Waals surface area contributed by atoms with Gasteiger partial charge in [-0.05, 0) is 50.3 Å². The predicted octanol–water partition coefficient (Wildman–Crippen LogP) is 1.59. The van der Waals surface area contributed by atoms with Crippen molar-refractivity contribution in [1.29, 1.82) is 0 Å². The average molecular weight is 365 g/mol. The van der Waals surface area contributed by atoms with Crippen LogP contribution in [-0.2, 0) is 21.1 Å². The topological polar surface area (TPSA) is 57.7 Å². The van der Waals surface area contributed by atoms with Crippen LogP contribution in [0.25, 0.3) is 0 Å². The number of carbonyl (C=O) groups excluding carboxylic acids is 1. The van der Waals surface area contributed by atoms with Gasteiger partial charge in [0, 0.05) is 13.1 Å². The van der Waals surface area contributed by atoms with Crippen LogP contribution < -0.4 is 0 Å². The molecule has 2 saturated heterocycles. The van der Waals surface area contributed by atoms with Crippen molar-refractivity contribution in [3.8, 4) is 0 Å². The third-order valence-corrected chi connectivity index (χ3v) is 7.33. The van der Waals surface area contributed by atoms with Crippen LogP contribution in [0.5, 0.6) is 0 Å². The molecule has 1 aromatic carbocycles. The van der Waals surface area contributed by atoms with Crippen LogP contribution in [0.4, 0.5) is 0 Å². The number of hydrogen-bond acceptors (Lipinski definition) is 4. The van der Waals surface area contributed by atoms with Gasteiger partial charge in [-0.3, -0.25) is 9.69 Å². The van der Waals surface area contributed by atoms with Crippen LogP contribution in [0.3, 0.4) is 0 Å². The van der Waals surface area contributed by atoms with Gasteiger partial charge in [0.2, 0.25) is 5.91 Å². The summed E-state index contributed by atoms with van der Waals surface area (Å²) in [7, 11) is -1.21. The van der Waals surface area contributed by atoms with Crippen molar-refractivity contribution in [3.63, 3.8) is 0 Å². The van der Waals surface area contributed by atoms with Gasteiger partial charge in [-0.15, -0.1) is 0 Å². The molecule has 2 fully saturated rings. The molecule has 5 nitrogen and oxygen atoms in total. The summed E-state index contributed by atoms with van der Waals surface area (Å²) >= 11 is 0. The first-order valence-electron chi connectivity index (χ1n) is 9.15. The van der Waals surface area contributed by atoms with E-state index in [1.54, 1.807) is 11.9 Å². The van der Waals surface area contributed by atoms with Crippen molar-refractivity contribution in [3.05, 3.63) is 35.9 Å². The standard InChI is InChI=1S/C19H28N2O3S/c1-20(18-9-12-25(23,24)15-18)19(22)14-21-10-7-17(8-11-21)13-16-5-3-2-4-6-16/h2-6,17-18H,7-15H2,1H3. The molecule has 1 unspecified atom stereocenters. The second-order valence-electron chi connectivity index (χ2n) is 7.47. The van der Waals surface area contributed by atoms with E-state index in [-0.39, 0.29) is 23.5 Å². The van der Waals surface area contributed by atoms with E-state index in [0.717, 1.165) is 32.4 Å². The number of nitrogens with zero attached hydrogens (tertiary/aromatic N) is 2. The number of hydrogen-bond donors (Lipinski definition) is 0. The van der Waals surface area contributed by atoms with Gasteiger partial charge in [0.1, 0.15) is 0 Å². The smallest absolute Gasteiger partial charge is 0.236 e. The number of likely N-dealkylation sites (tertiary alicyclic amines) is 1. The lowest BCUT2D eigenvalue weighted by molar-refractivity contribution is -0.133. The maximum absolute atomic E-state index is 12.5. The number of likely N-dealkylation sites (N-methyl/N-ethyl adjacent to an activating group) is 1. The summed E-state index contributed by atoms with van der Waals surface area (Å²) in [4.78, 5) is 16.3. The highest BCUT2D eigenvalue weighted by molar-refractivity contribution is 7.91. The maximum Gasteiger partial charge on any atom is 0.236 e. The summed E-state index contributed by atoms with van der Waals surface area (Å²) in [5, 5.41) is 0. The van der Waals surface area contributed by atoms with Crippen molar-refractivity contribution in [2.24, 2.45) is 5.92 Å². The van der Waals surface area contributed by atoms with Crippen LogP contribution in [0.2, 0.25) is 0 Å². The minimum atomic E-state index is -2.95. The fourth-order valence-corrected chi connectivity index (χ4v) is 5.66. The molecular weight excluding hydrogens is 336 g/mol. The number of piperidine rings is 1. The molecular formula is C19H28N2O3S. The molecule has 1 amide bonds. The SMILES string of the molecule is CN(C(=O)CN1CCC(Cc2ccccc2)CC1)C1CCS(=O)(=O)C1. The molecule has 138 valence electrons. The molecule has 0 aliphatic carbocycles. The Hall–Kier alpha value is -1.40. The molecule has 1 atom stereocenters. The van der Waals surface area contributed by atoms with Gasteiger partial charge < -0.3 is 4.90 Å². The van der Waals surface area contributed by atoms with E-state index < -0.39 is 9.84 Å². The van der Waals surface area contributed by atoms with Crippen LogP contribution in [0.15, 0.2) is 30.3 Å². The Bertz CT molecular complexity index is 682. The number of rotatable bonds is 5. The normalized spacial score (nSPS) is 24.3. The van der Waals surface area contributed by atoms with Crippen molar-refractivity contribution in [2.45, 2.75) is 31.7 Å². The zero-order valence-electron chi connectivity index (χ0n) is 14.9. The lowest BCUT2D eigenvalue weighted by Crippen LogP contribution is -2.46. The summed E-state index contributed by atoms with van der Waals surface area (Å²) in [5.74, 6) is 1.06. The Morgan fingerprint density at radius 3 is 2.44 bits per heavy atom. The van der Waals surface area contributed by atoms with Crippen molar-refractivity contribution in [2.75, 3.05) is 38.2 Å². The molecule has 1 aromatic rings. The van der Waals surface area contributed by atoms with Crippen LogP contribution in [-0.4, -0.2) is 68.4 Å². The minimum Gasteiger partial charge on any atom is -0.341 e. The lowest BCUT2D eigenvalue weighted by atomic mass is 9.90. The van der Waals surface area contributed by atoms with E-state index in [2.05, 4.69) is 29.2 Å². The molecule has 0 spiro atoms. The van der Waals surface area contributed by atoms with E-state index in [1.807, 2.05) is 6.07 Å². The van der Waals surface area contributed by atoms with Gasteiger partial charge in [0.25, 0.3) is 0 Å². The molecule has 2 aliphatic heterocycles. The Morgan fingerprint density at radius 2 is 1.84 bits per heavy atom. The Balaban J connectivity index is 1.43. The highest BCUT2D eigenvalue weighted by atomic mass is 32.2. The molecule has 0 radical (unpaired) electrons. The van der Waals surface area contributed by atoms with Gasteiger partial charge in [-0.2, -0.15) is 0 Å². The van der Waals surface area contributed by atoms with Crippen molar-refractivity contribution < 1.29 is 13.2 Å². The van der Waals surface area contributed by atoms with E-state index in [1.165, 1.54) is 5.56 Å². The van der Waals surface area contributed by atoms with Gasteiger partial charge in [0.15, 0.2) is 9.84 Å². The largest absolute Gasteiger partial charge is 0.341 e. The minimum absolute atomic E-state index is 0.0450. The predicted molar refractivity (Wildman–Crippen MR) is 99.1 cm³/mol. The van der Waals surface area contributed by atoms with Crippen molar-refractivity contribution in [1.82, 2.24) is 9.80 Å². The first kappa shape index (κ1) is 18.4. The highest BCUT2D eigenvalue weighted by Gasteiger charge is 2.33. The van der Waals surface area contributed by atoms with E-state index >= 15 is 0 Å². The first-order valence-corrected chi connectivity index (χ1v) is 11.0. The summed E-state index contributed by atoms with van der Waals surface area (Å²) in [6.45, 7) is 2.30. The summed E-state index contributed by atoms with van der Waals surface area (Å²) in [6.07, 6.45) is 3.92. The fourth-order valence-electron chi connectivity index (χ4n) is 3.88. The molecule has 2 aliphatic rings. The molecule has 0 aromatic heterocycles. The van der Waals surface area contributed by atoms with Gasteiger partial charge in [-0.1, -0.05) is 30.3 Å². The monoisotopic (exact) mass is 364 g/mol. The van der Waals surface area contributed by atoms with Crippen LogP contribution in [0, 0.1) is 5.92 Å². The molecule has 0 saturated carbocycles. The maximum atomic E-state index is 12.5. The molecule has 2 heterocycles. The molecule has 6 heteroatoms. The van der Waals surface area contributed by atoms with E-state index in [4.69, 9.17) is 0 Å². The van der Waals surface area contributed by atoms with E-state index in [9.17, 15) is 13.2 Å². The number of benzene rings is 1. The van der Waals surface area contributed by atoms with Gasteiger partial charge >= 0.3 is 0 Å². The lowest BCUT2D eigenvalue weighted by Gasteiger charge is -2.33. The summed E-state index contributed by atoms with van der Waals surface area (Å²) < 4.78 is 23.2. The second kappa shape index (κ2) is 7.87. The summed E-state index contributed by atoms with van der Waals surface area (Å²) in [6, 6.07) is 10.4. The first-order chi connectivity index (χ1) is 11.9. The summed E-state index contributed by atoms with van der Waals surface area (Å²) in [5.41, 5.74) is 1.39. The molecule has 0 N–H and O–H groups in total. The Labute approximate surface area is 150 Å². The molecule has 0 bridgehead atoms. The quantitative estimate of drug-likeness (QED) is 0.796. The number of amides is 1. The van der Waals surface area contributed by atoms with Crippen LogP contribution in [0.1, 0.15) is 24.8 Å². The second-order valence-corrected chi connectivity index (χ2v) is 9.70. The Morgan fingerprint density at radius 1 is 1.16 bits per heavy atom. The Kier molecular flexibility index (Phi) is 5.79. The van der Waals surface area contributed by atoms with Crippen LogP contribution >= 0.6 is 0 Å². The fraction of sp³-hybridized carbons (Fsp3) is 0.632.